The zero-order valence-corrected chi connectivity index (χ0v) is 15.5. The molecule has 0 spiro atoms. The summed E-state index contributed by atoms with van der Waals surface area (Å²) in [6.07, 6.45) is 3.51. The number of carbonyl (C=O) groups is 1. The van der Waals surface area contributed by atoms with Gasteiger partial charge in [-0.25, -0.2) is 0 Å². The van der Waals surface area contributed by atoms with Gasteiger partial charge in [-0.1, -0.05) is 45.7 Å². The first kappa shape index (κ1) is 17.1. The first-order chi connectivity index (χ1) is 11.6. The van der Waals surface area contributed by atoms with Crippen LogP contribution in [0.15, 0.2) is 59.1 Å². The minimum atomic E-state index is 0.0589. The summed E-state index contributed by atoms with van der Waals surface area (Å²) in [5, 5.41) is 0.739. The second-order valence-electron chi connectivity index (χ2n) is 5.68. The number of carbonyl (C=O) groups excluding carboxylic acids is 1. The molecule has 0 unspecified atom stereocenters. The molecule has 3 nitrogen and oxygen atoms in total. The molecule has 1 fully saturated rings. The van der Waals surface area contributed by atoms with Crippen molar-refractivity contribution >= 4 is 45.2 Å². The smallest absolute Gasteiger partial charge is 0.246 e. The summed E-state index contributed by atoms with van der Waals surface area (Å²) in [5.41, 5.74) is 2.13. The molecule has 2 aromatic carbocycles. The van der Waals surface area contributed by atoms with E-state index in [1.54, 1.807) is 6.08 Å². The highest BCUT2D eigenvalue weighted by Gasteiger charge is 2.19. The predicted octanol–water partition coefficient (Wildman–Crippen LogP) is 4.46. The summed E-state index contributed by atoms with van der Waals surface area (Å²) >= 11 is 9.45. The first-order valence-electron chi connectivity index (χ1n) is 7.85. The number of anilines is 1. The van der Waals surface area contributed by atoms with Gasteiger partial charge in [0.05, 0.1) is 0 Å². The molecule has 0 aliphatic carbocycles. The Bertz CT molecular complexity index is 737. The Morgan fingerprint density at radius 2 is 1.75 bits per heavy atom. The highest BCUT2D eigenvalue weighted by atomic mass is 79.9. The number of benzene rings is 2. The Morgan fingerprint density at radius 3 is 2.42 bits per heavy atom. The lowest BCUT2D eigenvalue weighted by atomic mass is 10.2. The fraction of sp³-hybridized carbons (Fsp3) is 0.211. The number of hydrogen-bond acceptors (Lipinski definition) is 2. The molecule has 2 aromatic rings. The van der Waals surface area contributed by atoms with Crippen molar-refractivity contribution < 1.29 is 4.79 Å². The lowest BCUT2D eigenvalue weighted by Gasteiger charge is -2.35. The van der Waals surface area contributed by atoms with E-state index in [0.717, 1.165) is 46.9 Å². The monoisotopic (exact) mass is 404 g/mol. The van der Waals surface area contributed by atoms with E-state index < -0.39 is 0 Å². The molecular formula is C19H18BrClN2O. The van der Waals surface area contributed by atoms with Crippen LogP contribution in [0.2, 0.25) is 5.02 Å². The lowest BCUT2D eigenvalue weighted by molar-refractivity contribution is -0.126. The van der Waals surface area contributed by atoms with Crippen molar-refractivity contribution in [3.05, 3.63) is 69.7 Å². The predicted molar refractivity (Wildman–Crippen MR) is 103 cm³/mol. The number of halogens is 2. The van der Waals surface area contributed by atoms with Crippen molar-refractivity contribution in [2.75, 3.05) is 31.1 Å². The van der Waals surface area contributed by atoms with Crippen molar-refractivity contribution in [2.24, 2.45) is 0 Å². The molecule has 1 amide bonds. The fourth-order valence-corrected chi connectivity index (χ4v) is 3.15. The molecule has 5 heteroatoms. The van der Waals surface area contributed by atoms with Gasteiger partial charge in [-0.2, -0.15) is 0 Å². The van der Waals surface area contributed by atoms with Crippen LogP contribution in [0.1, 0.15) is 5.56 Å². The molecule has 24 heavy (non-hydrogen) atoms. The molecule has 124 valence electrons. The van der Waals surface area contributed by atoms with Crippen LogP contribution >= 0.6 is 27.5 Å². The maximum atomic E-state index is 12.3. The standard InChI is InChI=1S/C19H18BrClN2O/c20-16-7-4-15(5-8-16)6-9-19(24)23-12-10-22(11-13-23)18-3-1-2-17(21)14-18/h1-9,14H,10-13H2/b9-6+. The molecule has 1 aliphatic rings. The van der Waals surface area contributed by atoms with E-state index in [0.29, 0.717) is 0 Å². The molecule has 0 saturated carbocycles. The molecule has 1 saturated heterocycles. The van der Waals surface area contributed by atoms with Crippen LogP contribution in [0.25, 0.3) is 6.08 Å². The van der Waals surface area contributed by atoms with Crippen molar-refractivity contribution in [1.29, 1.82) is 0 Å². The van der Waals surface area contributed by atoms with E-state index in [1.807, 2.05) is 53.4 Å². The van der Waals surface area contributed by atoms with Gasteiger partial charge < -0.3 is 9.80 Å². The van der Waals surface area contributed by atoms with Crippen LogP contribution in [-0.2, 0) is 4.79 Å². The fourth-order valence-electron chi connectivity index (χ4n) is 2.70. The van der Waals surface area contributed by atoms with Crippen LogP contribution in [0, 0.1) is 0 Å². The summed E-state index contributed by atoms with van der Waals surface area (Å²) in [5.74, 6) is 0.0589. The zero-order chi connectivity index (χ0) is 16.9. The summed E-state index contributed by atoms with van der Waals surface area (Å²) < 4.78 is 1.03. The Hall–Kier alpha value is -1.78. The minimum absolute atomic E-state index is 0.0589. The van der Waals surface area contributed by atoms with Gasteiger partial charge in [-0.3, -0.25) is 4.79 Å². The van der Waals surface area contributed by atoms with Crippen LogP contribution in [-0.4, -0.2) is 37.0 Å². The van der Waals surface area contributed by atoms with E-state index in [4.69, 9.17) is 11.6 Å². The van der Waals surface area contributed by atoms with E-state index in [-0.39, 0.29) is 5.91 Å². The van der Waals surface area contributed by atoms with E-state index >= 15 is 0 Å². The van der Waals surface area contributed by atoms with Gasteiger partial charge in [-0.15, -0.1) is 0 Å². The van der Waals surface area contributed by atoms with E-state index in [9.17, 15) is 4.79 Å². The summed E-state index contributed by atoms with van der Waals surface area (Å²) in [4.78, 5) is 16.5. The molecule has 1 heterocycles. The lowest BCUT2D eigenvalue weighted by Crippen LogP contribution is -2.48. The minimum Gasteiger partial charge on any atom is -0.368 e. The molecule has 0 aromatic heterocycles. The summed E-state index contributed by atoms with van der Waals surface area (Å²) in [6.45, 7) is 3.07. The van der Waals surface area contributed by atoms with Gasteiger partial charge in [-0.05, 0) is 42.0 Å². The second kappa shape index (κ2) is 7.86. The SMILES string of the molecule is O=C(/C=C/c1ccc(Br)cc1)N1CCN(c2cccc(Cl)c2)CC1. The number of nitrogens with zero attached hydrogens (tertiary/aromatic N) is 2. The van der Waals surface area contributed by atoms with Gasteiger partial charge in [0, 0.05) is 47.4 Å². The van der Waals surface area contributed by atoms with Gasteiger partial charge in [0.15, 0.2) is 0 Å². The molecule has 0 bridgehead atoms. The van der Waals surface area contributed by atoms with Crippen LogP contribution < -0.4 is 4.90 Å². The van der Waals surface area contributed by atoms with Gasteiger partial charge in [0.1, 0.15) is 0 Å². The van der Waals surface area contributed by atoms with Gasteiger partial charge >= 0.3 is 0 Å². The molecule has 0 N–H and O–H groups in total. The summed E-state index contributed by atoms with van der Waals surface area (Å²) in [7, 11) is 0. The zero-order valence-electron chi connectivity index (χ0n) is 13.2. The molecular weight excluding hydrogens is 388 g/mol. The highest BCUT2D eigenvalue weighted by molar-refractivity contribution is 9.10. The van der Waals surface area contributed by atoms with Gasteiger partial charge in [0.25, 0.3) is 0 Å². The third kappa shape index (κ3) is 4.40. The second-order valence-corrected chi connectivity index (χ2v) is 7.03. The molecule has 1 aliphatic heterocycles. The Balaban J connectivity index is 1.56. The maximum absolute atomic E-state index is 12.3. The van der Waals surface area contributed by atoms with Crippen molar-refractivity contribution in [1.82, 2.24) is 4.90 Å². The topological polar surface area (TPSA) is 23.6 Å². The number of amides is 1. The average Bonchev–Trinajstić information content (AvgIpc) is 2.61. The van der Waals surface area contributed by atoms with Crippen LogP contribution in [0.4, 0.5) is 5.69 Å². The molecule has 3 rings (SSSR count). The van der Waals surface area contributed by atoms with Crippen molar-refractivity contribution in [3.8, 4) is 0 Å². The number of hydrogen-bond donors (Lipinski definition) is 0. The Morgan fingerprint density at radius 1 is 1.04 bits per heavy atom. The third-order valence-corrected chi connectivity index (χ3v) is 4.82. The van der Waals surface area contributed by atoms with Crippen LogP contribution in [0.3, 0.4) is 0 Å². The Kier molecular flexibility index (Phi) is 5.59. The molecule has 0 atom stereocenters. The normalized spacial score (nSPS) is 15.1. The van der Waals surface area contributed by atoms with Crippen molar-refractivity contribution in [3.63, 3.8) is 0 Å². The van der Waals surface area contributed by atoms with Gasteiger partial charge in [0.2, 0.25) is 5.91 Å². The quantitative estimate of drug-likeness (QED) is 0.704. The summed E-state index contributed by atoms with van der Waals surface area (Å²) in [6, 6.07) is 15.7. The van der Waals surface area contributed by atoms with Crippen LogP contribution in [0.5, 0.6) is 0 Å². The third-order valence-electron chi connectivity index (χ3n) is 4.05. The van der Waals surface area contributed by atoms with E-state index in [1.165, 1.54) is 0 Å². The first-order valence-corrected chi connectivity index (χ1v) is 9.02. The maximum Gasteiger partial charge on any atom is 0.246 e. The highest BCUT2D eigenvalue weighted by Crippen LogP contribution is 2.21. The largest absolute Gasteiger partial charge is 0.368 e. The van der Waals surface area contributed by atoms with E-state index in [2.05, 4.69) is 26.9 Å². The average molecular weight is 406 g/mol. The molecule has 0 radical (unpaired) electrons. The number of rotatable bonds is 3. The van der Waals surface area contributed by atoms with Crippen molar-refractivity contribution in [2.45, 2.75) is 0 Å². The Labute approximate surface area is 155 Å². The number of piperazine rings is 1.